The molecule has 3 heterocycles. The molecule has 0 aromatic carbocycles. The van der Waals surface area contributed by atoms with Gasteiger partial charge >= 0.3 is 0 Å². The molecule has 2 aliphatic rings. The zero-order chi connectivity index (χ0) is 18.4. The molecule has 3 rings (SSSR count). The smallest absolute Gasteiger partial charge is 0.222 e. The van der Waals surface area contributed by atoms with Gasteiger partial charge in [-0.05, 0) is 31.9 Å². The van der Waals surface area contributed by atoms with Gasteiger partial charge in [0, 0.05) is 64.5 Å². The molecule has 1 amide bonds. The summed E-state index contributed by atoms with van der Waals surface area (Å²) in [5, 5.41) is 0. The Hall–Kier alpha value is -1.50. The summed E-state index contributed by atoms with van der Waals surface area (Å²) in [6.07, 6.45) is 3.45. The molecule has 6 nitrogen and oxygen atoms in total. The minimum atomic E-state index is 0.304. The molecule has 0 unspecified atom stereocenters. The van der Waals surface area contributed by atoms with Crippen LogP contribution in [0.1, 0.15) is 31.0 Å². The number of hydrogen-bond acceptors (Lipinski definition) is 5. The maximum Gasteiger partial charge on any atom is 0.222 e. The van der Waals surface area contributed by atoms with Crippen molar-refractivity contribution in [2.45, 2.75) is 39.3 Å². The first-order valence-electron chi connectivity index (χ1n) is 9.86. The molecule has 144 valence electrons. The quantitative estimate of drug-likeness (QED) is 0.770. The van der Waals surface area contributed by atoms with Crippen LogP contribution < -0.4 is 0 Å². The third-order valence-corrected chi connectivity index (χ3v) is 5.66. The van der Waals surface area contributed by atoms with E-state index >= 15 is 0 Å². The van der Waals surface area contributed by atoms with E-state index in [0.717, 1.165) is 71.1 Å². The molecule has 0 radical (unpaired) electrons. The standard InChI is InChI=1S/C20H32N4O2/c1-17-4-3-7-21-19(17)16-22-8-10-24(11-9-22)20(25)6-5-18(2)23-12-14-26-15-13-23/h3-4,7,18H,5-6,8-16H2,1-2H3/t18-/m1/s1. The summed E-state index contributed by atoms with van der Waals surface area (Å²) >= 11 is 0. The van der Waals surface area contributed by atoms with Crippen molar-refractivity contribution in [3.05, 3.63) is 29.6 Å². The molecule has 0 saturated carbocycles. The Labute approximate surface area is 157 Å². The first-order valence-corrected chi connectivity index (χ1v) is 9.86. The van der Waals surface area contributed by atoms with Crippen LogP contribution >= 0.6 is 0 Å². The maximum absolute atomic E-state index is 12.6. The van der Waals surface area contributed by atoms with Gasteiger partial charge in [-0.1, -0.05) is 6.07 Å². The average Bonchev–Trinajstić information content (AvgIpc) is 2.69. The number of piperazine rings is 1. The van der Waals surface area contributed by atoms with E-state index in [0.29, 0.717) is 18.4 Å². The summed E-state index contributed by atoms with van der Waals surface area (Å²) in [5.41, 5.74) is 2.38. The maximum atomic E-state index is 12.6. The van der Waals surface area contributed by atoms with E-state index in [1.807, 2.05) is 17.2 Å². The number of carbonyl (C=O) groups is 1. The Morgan fingerprint density at radius 3 is 2.62 bits per heavy atom. The topological polar surface area (TPSA) is 48.9 Å². The minimum absolute atomic E-state index is 0.304. The third-order valence-electron chi connectivity index (χ3n) is 5.66. The molecule has 26 heavy (non-hydrogen) atoms. The first-order chi connectivity index (χ1) is 12.6. The molecular weight excluding hydrogens is 328 g/mol. The Balaban J connectivity index is 1.38. The number of nitrogens with zero attached hydrogens (tertiary/aromatic N) is 4. The SMILES string of the molecule is Cc1cccnc1CN1CCN(C(=O)CC[C@@H](C)N2CCOCC2)CC1. The van der Waals surface area contributed by atoms with Gasteiger partial charge in [0.15, 0.2) is 0 Å². The van der Waals surface area contributed by atoms with Crippen molar-refractivity contribution in [2.24, 2.45) is 0 Å². The number of hydrogen-bond donors (Lipinski definition) is 0. The average molecular weight is 361 g/mol. The summed E-state index contributed by atoms with van der Waals surface area (Å²) in [7, 11) is 0. The normalized spacial score (nSPS) is 20.9. The monoisotopic (exact) mass is 360 g/mol. The lowest BCUT2D eigenvalue weighted by molar-refractivity contribution is -0.133. The van der Waals surface area contributed by atoms with E-state index in [-0.39, 0.29) is 0 Å². The fourth-order valence-electron chi connectivity index (χ4n) is 3.74. The van der Waals surface area contributed by atoms with Crippen molar-refractivity contribution in [3.63, 3.8) is 0 Å². The van der Waals surface area contributed by atoms with Gasteiger partial charge < -0.3 is 9.64 Å². The number of carbonyl (C=O) groups excluding carboxylic acids is 1. The second-order valence-electron chi connectivity index (χ2n) is 7.46. The largest absolute Gasteiger partial charge is 0.379 e. The van der Waals surface area contributed by atoms with Gasteiger partial charge in [0.1, 0.15) is 0 Å². The molecule has 0 aliphatic carbocycles. The lowest BCUT2D eigenvalue weighted by Crippen LogP contribution is -2.48. The number of pyridine rings is 1. The van der Waals surface area contributed by atoms with Gasteiger partial charge in [-0.25, -0.2) is 0 Å². The van der Waals surface area contributed by atoms with Crippen LogP contribution in [0.3, 0.4) is 0 Å². The number of ether oxygens (including phenoxy) is 1. The zero-order valence-corrected chi connectivity index (χ0v) is 16.2. The summed E-state index contributed by atoms with van der Waals surface area (Å²) in [5.74, 6) is 0.304. The van der Waals surface area contributed by atoms with Crippen LogP contribution in [-0.4, -0.2) is 84.1 Å². The second-order valence-corrected chi connectivity index (χ2v) is 7.46. The summed E-state index contributed by atoms with van der Waals surface area (Å²) < 4.78 is 5.40. The number of amides is 1. The third kappa shape index (κ3) is 5.25. The fourth-order valence-corrected chi connectivity index (χ4v) is 3.74. The highest BCUT2D eigenvalue weighted by Crippen LogP contribution is 2.13. The Morgan fingerprint density at radius 2 is 1.92 bits per heavy atom. The fraction of sp³-hybridized carbons (Fsp3) is 0.700. The lowest BCUT2D eigenvalue weighted by atomic mass is 10.1. The van der Waals surface area contributed by atoms with E-state index in [1.165, 1.54) is 5.56 Å². The van der Waals surface area contributed by atoms with Crippen molar-refractivity contribution < 1.29 is 9.53 Å². The van der Waals surface area contributed by atoms with E-state index in [9.17, 15) is 4.79 Å². The van der Waals surface area contributed by atoms with Gasteiger partial charge in [-0.15, -0.1) is 0 Å². The highest BCUT2D eigenvalue weighted by molar-refractivity contribution is 5.76. The molecule has 2 fully saturated rings. The molecule has 0 N–H and O–H groups in total. The summed E-state index contributed by atoms with van der Waals surface area (Å²) in [6, 6.07) is 4.54. The van der Waals surface area contributed by atoms with Crippen molar-refractivity contribution in [1.29, 1.82) is 0 Å². The molecule has 1 aromatic heterocycles. The predicted molar refractivity (Wildman–Crippen MR) is 102 cm³/mol. The van der Waals surface area contributed by atoms with Gasteiger partial charge in [0.2, 0.25) is 5.91 Å². The van der Waals surface area contributed by atoms with Crippen LogP contribution in [0.2, 0.25) is 0 Å². The number of rotatable bonds is 6. The van der Waals surface area contributed by atoms with Gasteiger partial charge in [-0.2, -0.15) is 0 Å². The Kier molecular flexibility index (Phi) is 7.00. The molecule has 2 saturated heterocycles. The van der Waals surface area contributed by atoms with Crippen molar-refractivity contribution in [2.75, 3.05) is 52.5 Å². The summed E-state index contributed by atoms with van der Waals surface area (Å²) in [4.78, 5) is 23.9. The van der Waals surface area contributed by atoms with Crippen LogP contribution in [0, 0.1) is 6.92 Å². The van der Waals surface area contributed by atoms with Gasteiger partial charge in [-0.3, -0.25) is 19.6 Å². The number of aromatic nitrogens is 1. The van der Waals surface area contributed by atoms with E-state index in [4.69, 9.17) is 4.74 Å². The van der Waals surface area contributed by atoms with Crippen LogP contribution in [-0.2, 0) is 16.1 Å². The number of morpholine rings is 1. The van der Waals surface area contributed by atoms with Crippen LogP contribution in [0.5, 0.6) is 0 Å². The predicted octanol–water partition coefficient (Wildman–Crippen LogP) is 1.54. The second kappa shape index (κ2) is 9.44. The van der Waals surface area contributed by atoms with E-state index in [1.54, 1.807) is 0 Å². The summed E-state index contributed by atoms with van der Waals surface area (Å²) in [6.45, 7) is 12.3. The molecule has 0 bridgehead atoms. The molecule has 1 aromatic rings. The minimum Gasteiger partial charge on any atom is -0.379 e. The molecular formula is C20H32N4O2. The van der Waals surface area contributed by atoms with Gasteiger partial charge in [0.05, 0.1) is 18.9 Å². The van der Waals surface area contributed by atoms with Crippen LogP contribution in [0.15, 0.2) is 18.3 Å². The van der Waals surface area contributed by atoms with Crippen molar-refractivity contribution in [1.82, 2.24) is 19.7 Å². The molecule has 0 spiro atoms. The number of aryl methyl sites for hydroxylation is 1. The zero-order valence-electron chi connectivity index (χ0n) is 16.2. The molecule has 1 atom stereocenters. The molecule has 2 aliphatic heterocycles. The van der Waals surface area contributed by atoms with Crippen LogP contribution in [0.4, 0.5) is 0 Å². The van der Waals surface area contributed by atoms with Crippen molar-refractivity contribution >= 4 is 5.91 Å². The van der Waals surface area contributed by atoms with E-state index < -0.39 is 0 Å². The lowest BCUT2D eigenvalue weighted by Gasteiger charge is -2.36. The van der Waals surface area contributed by atoms with E-state index in [2.05, 4.69) is 34.7 Å². The Bertz CT molecular complexity index is 581. The molecule has 6 heteroatoms. The van der Waals surface area contributed by atoms with Crippen LogP contribution in [0.25, 0.3) is 0 Å². The van der Waals surface area contributed by atoms with Gasteiger partial charge in [0.25, 0.3) is 0 Å². The first kappa shape index (κ1) is 19.3. The Morgan fingerprint density at radius 1 is 1.19 bits per heavy atom. The van der Waals surface area contributed by atoms with Crippen molar-refractivity contribution in [3.8, 4) is 0 Å². The highest BCUT2D eigenvalue weighted by Gasteiger charge is 2.23. The highest BCUT2D eigenvalue weighted by atomic mass is 16.5.